The Kier molecular flexibility index (Phi) is 4.43. The van der Waals surface area contributed by atoms with E-state index in [0.29, 0.717) is 4.47 Å². The third-order valence-corrected chi connectivity index (χ3v) is 5.35. The third kappa shape index (κ3) is 2.32. The molecule has 0 bridgehead atoms. The Bertz CT molecular complexity index is 354. The van der Waals surface area contributed by atoms with Crippen molar-refractivity contribution in [2.24, 2.45) is 0 Å². The molecule has 2 N–H and O–H groups in total. The fraction of sp³-hybridized carbons (Fsp3) is 0.333. The van der Waals surface area contributed by atoms with Crippen LogP contribution in [0.5, 0.6) is 5.75 Å². The van der Waals surface area contributed by atoms with Gasteiger partial charge in [-0.2, -0.15) is 0 Å². The molecule has 0 saturated heterocycles. The van der Waals surface area contributed by atoms with Gasteiger partial charge in [0.15, 0.2) is 0 Å². The Hall–Kier alpha value is 0.420. The van der Waals surface area contributed by atoms with Gasteiger partial charge in [0.2, 0.25) is 0 Å². The molecule has 2 nitrogen and oxygen atoms in total. The molecule has 0 unspecified atom stereocenters. The van der Waals surface area contributed by atoms with E-state index < -0.39 is 0 Å². The van der Waals surface area contributed by atoms with Crippen LogP contribution in [0.2, 0.25) is 0 Å². The second-order valence-corrected chi connectivity index (χ2v) is 5.37. The van der Waals surface area contributed by atoms with Crippen molar-refractivity contribution in [2.75, 3.05) is 7.05 Å². The fourth-order valence-corrected chi connectivity index (χ4v) is 2.55. The van der Waals surface area contributed by atoms with Gasteiger partial charge in [-0.15, -0.1) is 0 Å². The number of phenols is 1. The highest BCUT2D eigenvalue weighted by Crippen LogP contribution is 2.41. The van der Waals surface area contributed by atoms with E-state index in [-0.39, 0.29) is 11.8 Å². The third-order valence-electron chi connectivity index (χ3n) is 2.07. The molecule has 0 saturated carbocycles. The van der Waals surface area contributed by atoms with Crippen molar-refractivity contribution in [2.45, 2.75) is 13.0 Å². The van der Waals surface area contributed by atoms with E-state index in [0.717, 1.165) is 14.5 Å². The predicted molar refractivity (Wildman–Crippen MR) is 68.7 cm³/mol. The first-order chi connectivity index (χ1) is 6.49. The average Bonchev–Trinajstić information content (AvgIpc) is 2.19. The number of phenolic OH excluding ortho intramolecular Hbond substituents is 1. The number of hydrogen-bond acceptors (Lipinski definition) is 2. The van der Waals surface area contributed by atoms with Crippen molar-refractivity contribution in [1.82, 2.24) is 5.32 Å². The van der Waals surface area contributed by atoms with Gasteiger partial charge >= 0.3 is 0 Å². The van der Waals surface area contributed by atoms with E-state index in [1.807, 2.05) is 20.0 Å². The fourth-order valence-electron chi connectivity index (χ4n) is 1.09. The van der Waals surface area contributed by atoms with Crippen LogP contribution in [-0.4, -0.2) is 12.2 Å². The largest absolute Gasteiger partial charge is 0.506 e. The van der Waals surface area contributed by atoms with Crippen LogP contribution in [0.1, 0.15) is 18.5 Å². The zero-order chi connectivity index (χ0) is 10.9. The quantitative estimate of drug-likeness (QED) is 0.753. The van der Waals surface area contributed by atoms with Crippen LogP contribution in [0.25, 0.3) is 0 Å². The van der Waals surface area contributed by atoms with Crippen molar-refractivity contribution in [1.29, 1.82) is 0 Å². The minimum Gasteiger partial charge on any atom is -0.506 e. The highest BCUT2D eigenvalue weighted by molar-refractivity contribution is 9.14. The van der Waals surface area contributed by atoms with Crippen LogP contribution in [0.3, 0.4) is 0 Å². The summed E-state index contributed by atoms with van der Waals surface area (Å²) in [5, 5.41) is 12.9. The van der Waals surface area contributed by atoms with E-state index in [9.17, 15) is 5.11 Å². The molecule has 0 aliphatic carbocycles. The number of rotatable bonds is 2. The minimum atomic E-state index is 0.107. The summed E-state index contributed by atoms with van der Waals surface area (Å²) in [6.45, 7) is 1.99. The second-order valence-electron chi connectivity index (χ2n) is 2.93. The summed E-state index contributed by atoms with van der Waals surface area (Å²) in [7, 11) is 1.86. The molecule has 5 heteroatoms. The lowest BCUT2D eigenvalue weighted by Crippen LogP contribution is -2.12. The Morgan fingerprint density at radius 3 is 2.36 bits per heavy atom. The molecular formula is C9H10Br3NO. The van der Waals surface area contributed by atoms with Crippen molar-refractivity contribution in [3.63, 3.8) is 0 Å². The highest BCUT2D eigenvalue weighted by atomic mass is 79.9. The van der Waals surface area contributed by atoms with Crippen molar-refractivity contribution >= 4 is 47.8 Å². The number of aromatic hydroxyl groups is 1. The molecule has 0 aromatic heterocycles. The van der Waals surface area contributed by atoms with Gasteiger partial charge in [-0.25, -0.2) is 0 Å². The lowest BCUT2D eigenvalue weighted by molar-refractivity contribution is 0.454. The smallest absolute Gasteiger partial charge is 0.135 e. The average molecular weight is 388 g/mol. The maximum atomic E-state index is 9.87. The van der Waals surface area contributed by atoms with Crippen LogP contribution in [0.15, 0.2) is 19.5 Å². The maximum absolute atomic E-state index is 9.87. The molecule has 0 amide bonds. The van der Waals surface area contributed by atoms with Gasteiger partial charge < -0.3 is 10.4 Å². The van der Waals surface area contributed by atoms with E-state index in [2.05, 4.69) is 53.1 Å². The van der Waals surface area contributed by atoms with E-state index in [1.54, 1.807) is 0 Å². The van der Waals surface area contributed by atoms with E-state index >= 15 is 0 Å². The number of benzene rings is 1. The molecule has 1 atom stereocenters. The Labute approximate surface area is 108 Å². The highest BCUT2D eigenvalue weighted by Gasteiger charge is 2.16. The molecule has 1 aromatic rings. The summed E-state index contributed by atoms with van der Waals surface area (Å²) < 4.78 is 2.41. The summed E-state index contributed by atoms with van der Waals surface area (Å²) in [4.78, 5) is 0. The number of hydrogen-bond donors (Lipinski definition) is 2. The lowest BCUT2D eigenvalue weighted by Gasteiger charge is -2.15. The van der Waals surface area contributed by atoms with Gasteiger partial charge in [-0.1, -0.05) is 0 Å². The number of halogens is 3. The van der Waals surface area contributed by atoms with Crippen LogP contribution < -0.4 is 5.32 Å². The van der Waals surface area contributed by atoms with Gasteiger partial charge in [0.25, 0.3) is 0 Å². The first kappa shape index (κ1) is 12.5. The molecule has 14 heavy (non-hydrogen) atoms. The molecule has 0 heterocycles. The summed E-state index contributed by atoms with van der Waals surface area (Å²) in [5.41, 5.74) is 0.856. The van der Waals surface area contributed by atoms with Gasteiger partial charge in [-0.05, 0) is 67.8 Å². The van der Waals surface area contributed by atoms with Crippen molar-refractivity contribution < 1.29 is 5.11 Å². The van der Waals surface area contributed by atoms with Crippen LogP contribution in [-0.2, 0) is 0 Å². The molecule has 0 aliphatic rings. The molecule has 0 aliphatic heterocycles. The van der Waals surface area contributed by atoms with E-state index in [4.69, 9.17) is 0 Å². The van der Waals surface area contributed by atoms with Gasteiger partial charge in [0, 0.05) is 20.6 Å². The molecule has 78 valence electrons. The molecule has 1 aromatic carbocycles. The van der Waals surface area contributed by atoms with Crippen LogP contribution in [0, 0.1) is 0 Å². The Balaban J connectivity index is 3.33. The number of nitrogens with one attached hydrogen (secondary N) is 1. The Morgan fingerprint density at radius 2 is 1.86 bits per heavy atom. The normalized spacial score (nSPS) is 12.9. The SMILES string of the molecule is CN[C@@H](C)c1cc(Br)c(Br)c(Br)c1O. The monoisotopic (exact) mass is 385 g/mol. The lowest BCUT2D eigenvalue weighted by atomic mass is 10.1. The summed E-state index contributed by atoms with van der Waals surface area (Å²) >= 11 is 10.1. The van der Waals surface area contributed by atoms with Crippen molar-refractivity contribution in [3.8, 4) is 5.75 Å². The minimum absolute atomic E-state index is 0.107. The predicted octanol–water partition coefficient (Wildman–Crippen LogP) is 3.96. The Morgan fingerprint density at radius 1 is 1.29 bits per heavy atom. The van der Waals surface area contributed by atoms with Crippen LogP contribution >= 0.6 is 47.8 Å². The van der Waals surface area contributed by atoms with Gasteiger partial charge in [0.1, 0.15) is 5.75 Å². The molecular weight excluding hydrogens is 378 g/mol. The topological polar surface area (TPSA) is 32.3 Å². The van der Waals surface area contributed by atoms with Gasteiger partial charge in [0.05, 0.1) is 4.47 Å². The second kappa shape index (κ2) is 4.96. The summed E-state index contributed by atoms with van der Waals surface area (Å²) in [5.74, 6) is 0.266. The van der Waals surface area contributed by atoms with E-state index in [1.165, 1.54) is 0 Å². The van der Waals surface area contributed by atoms with Crippen molar-refractivity contribution in [3.05, 3.63) is 25.0 Å². The molecule has 0 radical (unpaired) electrons. The molecule has 0 spiro atoms. The first-order valence-electron chi connectivity index (χ1n) is 4.02. The summed E-state index contributed by atoms with van der Waals surface area (Å²) in [6, 6.07) is 2.00. The van der Waals surface area contributed by atoms with Gasteiger partial charge in [-0.3, -0.25) is 0 Å². The first-order valence-corrected chi connectivity index (χ1v) is 6.40. The summed E-state index contributed by atoms with van der Waals surface area (Å²) in [6.07, 6.45) is 0. The zero-order valence-corrected chi connectivity index (χ0v) is 12.5. The molecule has 1 rings (SSSR count). The standard InChI is InChI=1S/C9H10Br3NO/c1-4(13-2)5-3-6(10)7(11)8(12)9(5)14/h3-4,13-14H,1-2H3/t4-/m0/s1. The molecule has 0 fully saturated rings. The maximum Gasteiger partial charge on any atom is 0.135 e. The zero-order valence-electron chi connectivity index (χ0n) is 7.74. The van der Waals surface area contributed by atoms with Crippen LogP contribution in [0.4, 0.5) is 0 Å².